The molecule has 5 nitrogen and oxygen atoms in total. The number of aromatic amines is 1. The number of hydrogen-bond acceptors (Lipinski definition) is 3. The highest BCUT2D eigenvalue weighted by Gasteiger charge is 2.40. The number of carbonyl (C=O) groups is 1. The Bertz CT molecular complexity index is 489. The van der Waals surface area contributed by atoms with Crippen molar-refractivity contribution in [1.29, 1.82) is 0 Å². The lowest BCUT2D eigenvalue weighted by atomic mass is 10.0. The molecule has 0 radical (unpaired) electrons. The summed E-state index contributed by atoms with van der Waals surface area (Å²) in [4.78, 5) is 30.8. The zero-order valence-electron chi connectivity index (χ0n) is 10.0. The predicted octanol–water partition coefficient (Wildman–Crippen LogP) is 1.11. The van der Waals surface area contributed by atoms with Crippen molar-refractivity contribution in [2.24, 2.45) is 0 Å². The van der Waals surface area contributed by atoms with Crippen molar-refractivity contribution in [1.82, 2.24) is 10.5 Å². The van der Waals surface area contributed by atoms with Crippen molar-refractivity contribution in [2.45, 2.75) is 32.1 Å². The van der Waals surface area contributed by atoms with E-state index in [0.717, 1.165) is 18.5 Å². The fraction of sp³-hybridized carbons (Fsp3) is 0.500. The number of amides is 1. The smallest absolute Gasteiger partial charge is 0.280 e. The number of aromatic nitrogens is 1. The van der Waals surface area contributed by atoms with Crippen LogP contribution in [0, 0.1) is 0 Å². The molecule has 1 heterocycles. The minimum absolute atomic E-state index is 0.0754. The molecule has 2 rings (SSSR count). The Morgan fingerprint density at radius 1 is 1.53 bits per heavy atom. The second-order valence-corrected chi connectivity index (χ2v) is 4.54. The average Bonchev–Trinajstić information content (AvgIpc) is 3.05. The van der Waals surface area contributed by atoms with Crippen LogP contribution in [0.2, 0.25) is 0 Å². The zero-order chi connectivity index (χ0) is 12.5. The van der Waals surface area contributed by atoms with Crippen LogP contribution >= 0.6 is 0 Å². The van der Waals surface area contributed by atoms with Gasteiger partial charge in [0.2, 0.25) is 0 Å². The molecule has 1 aliphatic carbocycles. The molecule has 0 saturated heterocycles. The Hall–Kier alpha value is -1.62. The maximum absolute atomic E-state index is 11.7. The Morgan fingerprint density at radius 3 is 2.76 bits per heavy atom. The van der Waals surface area contributed by atoms with Gasteiger partial charge in [-0.3, -0.25) is 14.4 Å². The van der Waals surface area contributed by atoms with Crippen LogP contribution in [0.4, 0.5) is 0 Å². The van der Waals surface area contributed by atoms with Crippen molar-refractivity contribution >= 4 is 5.91 Å². The van der Waals surface area contributed by atoms with E-state index in [9.17, 15) is 9.59 Å². The number of pyridine rings is 1. The van der Waals surface area contributed by atoms with Gasteiger partial charge in [0.25, 0.3) is 11.5 Å². The van der Waals surface area contributed by atoms with Gasteiger partial charge in [-0.25, -0.2) is 5.48 Å². The van der Waals surface area contributed by atoms with Crippen molar-refractivity contribution in [3.63, 3.8) is 0 Å². The van der Waals surface area contributed by atoms with E-state index >= 15 is 0 Å². The van der Waals surface area contributed by atoms with Gasteiger partial charge in [0.05, 0.1) is 6.61 Å². The Labute approximate surface area is 99.1 Å². The lowest BCUT2D eigenvalue weighted by Crippen LogP contribution is -2.30. The molecule has 0 aliphatic heterocycles. The fourth-order valence-corrected chi connectivity index (χ4v) is 1.65. The highest BCUT2D eigenvalue weighted by Crippen LogP contribution is 2.46. The van der Waals surface area contributed by atoms with Gasteiger partial charge >= 0.3 is 0 Å². The van der Waals surface area contributed by atoms with Crippen LogP contribution in [-0.2, 0) is 10.3 Å². The highest BCUT2D eigenvalue weighted by atomic mass is 16.6. The lowest BCUT2D eigenvalue weighted by Gasteiger charge is -2.09. The van der Waals surface area contributed by atoms with E-state index in [-0.39, 0.29) is 16.5 Å². The summed E-state index contributed by atoms with van der Waals surface area (Å²) in [6.45, 7) is 4.21. The number of hydroxylamine groups is 1. The van der Waals surface area contributed by atoms with Gasteiger partial charge in [0.1, 0.15) is 5.56 Å². The third-order valence-electron chi connectivity index (χ3n) is 3.11. The third-order valence-corrected chi connectivity index (χ3v) is 3.11. The number of carbonyl (C=O) groups excluding carboxylic acids is 1. The van der Waals surface area contributed by atoms with Crippen molar-refractivity contribution in [3.8, 4) is 0 Å². The monoisotopic (exact) mass is 236 g/mol. The Morgan fingerprint density at radius 2 is 2.24 bits per heavy atom. The first-order valence-electron chi connectivity index (χ1n) is 5.73. The van der Waals surface area contributed by atoms with E-state index in [2.05, 4.69) is 17.4 Å². The van der Waals surface area contributed by atoms with Gasteiger partial charge in [0, 0.05) is 11.1 Å². The Kier molecular flexibility index (Phi) is 3.02. The second kappa shape index (κ2) is 4.33. The molecule has 0 spiro atoms. The molecule has 1 amide bonds. The summed E-state index contributed by atoms with van der Waals surface area (Å²) in [6.07, 6.45) is 2.15. The second-order valence-electron chi connectivity index (χ2n) is 4.54. The van der Waals surface area contributed by atoms with Gasteiger partial charge in [-0.15, -0.1) is 0 Å². The van der Waals surface area contributed by atoms with E-state index < -0.39 is 5.91 Å². The van der Waals surface area contributed by atoms with Gasteiger partial charge in [-0.2, -0.15) is 0 Å². The predicted molar refractivity (Wildman–Crippen MR) is 62.7 cm³/mol. The van der Waals surface area contributed by atoms with Gasteiger partial charge in [0.15, 0.2) is 0 Å². The maximum atomic E-state index is 11.7. The molecule has 0 aromatic carbocycles. The molecule has 2 N–H and O–H groups in total. The molecule has 1 aliphatic rings. The van der Waals surface area contributed by atoms with Crippen LogP contribution in [0.25, 0.3) is 0 Å². The summed E-state index contributed by atoms with van der Waals surface area (Å²) in [7, 11) is 0. The first-order valence-corrected chi connectivity index (χ1v) is 5.73. The van der Waals surface area contributed by atoms with E-state index in [4.69, 9.17) is 4.84 Å². The summed E-state index contributed by atoms with van der Waals surface area (Å²) >= 11 is 0. The van der Waals surface area contributed by atoms with Crippen LogP contribution in [-0.4, -0.2) is 17.5 Å². The van der Waals surface area contributed by atoms with Crippen molar-refractivity contribution in [3.05, 3.63) is 33.7 Å². The van der Waals surface area contributed by atoms with E-state index in [1.54, 1.807) is 19.1 Å². The van der Waals surface area contributed by atoms with Crippen molar-refractivity contribution < 1.29 is 9.63 Å². The molecule has 0 atom stereocenters. The van der Waals surface area contributed by atoms with Crippen molar-refractivity contribution in [2.75, 3.05) is 6.61 Å². The number of H-pyrrole nitrogens is 1. The molecule has 92 valence electrons. The third kappa shape index (κ3) is 2.39. The minimum Gasteiger partial charge on any atom is -0.325 e. The molecule has 1 aromatic rings. The van der Waals surface area contributed by atoms with Crippen LogP contribution in [0.15, 0.2) is 16.9 Å². The normalized spacial score (nSPS) is 16.6. The summed E-state index contributed by atoms with van der Waals surface area (Å²) in [5.41, 5.74) is 2.90. The topological polar surface area (TPSA) is 71.2 Å². The molecular formula is C12H16N2O3. The lowest BCUT2D eigenvalue weighted by molar-refractivity contribution is 0.0363. The Balaban J connectivity index is 2.20. The molecule has 0 unspecified atom stereocenters. The molecule has 0 bridgehead atoms. The summed E-state index contributed by atoms with van der Waals surface area (Å²) in [5, 5.41) is 0. The SMILES string of the molecule is CCONC(=O)c1ccc(C2(C)CC2)[nH]c1=O. The first kappa shape index (κ1) is 11.9. The van der Waals surface area contributed by atoms with Crippen LogP contribution in [0.1, 0.15) is 42.7 Å². The standard InChI is InChI=1S/C12H16N2O3/c1-3-17-14-11(16)8-4-5-9(13-10(8)15)12(2)6-7-12/h4-5H,3,6-7H2,1-2H3,(H,13,15)(H,14,16). The highest BCUT2D eigenvalue weighted by molar-refractivity contribution is 5.93. The van der Waals surface area contributed by atoms with E-state index in [0.29, 0.717) is 6.61 Å². The molecule has 1 saturated carbocycles. The van der Waals surface area contributed by atoms with Crippen LogP contribution in [0.5, 0.6) is 0 Å². The molecule has 17 heavy (non-hydrogen) atoms. The van der Waals surface area contributed by atoms with Crippen LogP contribution in [0.3, 0.4) is 0 Å². The summed E-state index contributed by atoms with van der Waals surface area (Å²) in [6, 6.07) is 3.35. The van der Waals surface area contributed by atoms with E-state index in [1.165, 1.54) is 0 Å². The maximum Gasteiger partial charge on any atom is 0.280 e. The number of rotatable bonds is 4. The van der Waals surface area contributed by atoms with Gasteiger partial charge in [-0.1, -0.05) is 6.92 Å². The molecule has 1 fully saturated rings. The fourth-order valence-electron chi connectivity index (χ4n) is 1.65. The number of hydrogen-bond donors (Lipinski definition) is 2. The molecular weight excluding hydrogens is 220 g/mol. The van der Waals surface area contributed by atoms with E-state index in [1.807, 2.05) is 0 Å². The number of nitrogens with one attached hydrogen (secondary N) is 2. The average molecular weight is 236 g/mol. The molecule has 1 aromatic heterocycles. The first-order chi connectivity index (χ1) is 8.07. The van der Waals surface area contributed by atoms with Gasteiger partial charge in [-0.05, 0) is 31.9 Å². The largest absolute Gasteiger partial charge is 0.325 e. The van der Waals surface area contributed by atoms with Crippen LogP contribution < -0.4 is 11.0 Å². The summed E-state index contributed by atoms with van der Waals surface area (Å²) < 4.78 is 0. The summed E-state index contributed by atoms with van der Waals surface area (Å²) in [5.74, 6) is -0.513. The zero-order valence-corrected chi connectivity index (χ0v) is 10.0. The molecule has 5 heteroatoms. The quantitative estimate of drug-likeness (QED) is 0.769. The van der Waals surface area contributed by atoms with Gasteiger partial charge < -0.3 is 4.98 Å². The minimum atomic E-state index is -0.513.